The molecule has 1 fully saturated rings. The molecule has 1 aliphatic rings. The molecule has 0 unspecified atom stereocenters. The standard InChI is InChI=1S/C15H18N2O2S/c1-11-2-3-13-16-12(8-17(13)7-11)9-20-10-15(4-5-15)6-14(18)19/h2-3,7-8H,4-6,9-10H2,1H3,(H,18,19). The number of rotatable bonds is 6. The van der Waals surface area contributed by atoms with Gasteiger partial charge in [-0.05, 0) is 42.6 Å². The van der Waals surface area contributed by atoms with E-state index in [9.17, 15) is 4.79 Å². The van der Waals surface area contributed by atoms with Crippen molar-refractivity contribution < 1.29 is 9.90 Å². The van der Waals surface area contributed by atoms with Gasteiger partial charge in [0.25, 0.3) is 0 Å². The summed E-state index contributed by atoms with van der Waals surface area (Å²) in [6.45, 7) is 2.07. The Labute approximate surface area is 122 Å². The van der Waals surface area contributed by atoms with E-state index in [2.05, 4.69) is 34.8 Å². The molecule has 2 aromatic heterocycles. The molecule has 1 N–H and O–H groups in total. The second-order valence-electron chi connectivity index (χ2n) is 5.77. The highest BCUT2D eigenvalue weighted by Crippen LogP contribution is 2.51. The molecule has 5 heteroatoms. The molecule has 1 aliphatic carbocycles. The number of nitrogens with zero attached hydrogens (tertiary/aromatic N) is 2. The largest absolute Gasteiger partial charge is 0.481 e. The van der Waals surface area contributed by atoms with Crippen LogP contribution >= 0.6 is 11.8 Å². The number of hydrogen-bond donors (Lipinski definition) is 1. The molecule has 0 atom stereocenters. The van der Waals surface area contributed by atoms with Gasteiger partial charge in [-0.15, -0.1) is 0 Å². The van der Waals surface area contributed by atoms with E-state index in [0.717, 1.165) is 35.7 Å². The minimum Gasteiger partial charge on any atom is -0.481 e. The summed E-state index contributed by atoms with van der Waals surface area (Å²) in [6, 6.07) is 4.08. The van der Waals surface area contributed by atoms with Crippen molar-refractivity contribution in [2.75, 3.05) is 5.75 Å². The molecule has 3 rings (SSSR count). The van der Waals surface area contributed by atoms with Crippen LogP contribution in [0, 0.1) is 12.3 Å². The first-order chi connectivity index (χ1) is 9.56. The van der Waals surface area contributed by atoms with Crippen molar-refractivity contribution in [1.29, 1.82) is 0 Å². The number of aromatic nitrogens is 2. The van der Waals surface area contributed by atoms with Crippen molar-refractivity contribution in [1.82, 2.24) is 9.38 Å². The smallest absolute Gasteiger partial charge is 0.303 e. The number of pyridine rings is 1. The second kappa shape index (κ2) is 5.13. The summed E-state index contributed by atoms with van der Waals surface area (Å²) in [5.74, 6) is 1.10. The Bertz CT molecular complexity index is 646. The third-order valence-corrected chi connectivity index (χ3v) is 5.11. The Morgan fingerprint density at radius 2 is 2.25 bits per heavy atom. The quantitative estimate of drug-likeness (QED) is 0.888. The molecule has 0 aromatic carbocycles. The number of aryl methyl sites for hydroxylation is 1. The number of hydrogen-bond acceptors (Lipinski definition) is 3. The summed E-state index contributed by atoms with van der Waals surface area (Å²) in [5, 5.41) is 8.90. The molecule has 0 radical (unpaired) electrons. The summed E-state index contributed by atoms with van der Waals surface area (Å²) < 4.78 is 2.05. The van der Waals surface area contributed by atoms with Crippen LogP contribution in [-0.2, 0) is 10.5 Å². The first-order valence-corrected chi connectivity index (χ1v) is 7.96. The van der Waals surface area contributed by atoms with Gasteiger partial charge in [-0.2, -0.15) is 11.8 Å². The molecule has 20 heavy (non-hydrogen) atoms. The first kappa shape index (κ1) is 13.5. The monoisotopic (exact) mass is 290 g/mol. The predicted octanol–water partition coefficient (Wildman–Crippen LogP) is 3.13. The van der Waals surface area contributed by atoms with Crippen molar-refractivity contribution in [3.8, 4) is 0 Å². The number of imidazole rings is 1. The molecule has 4 nitrogen and oxygen atoms in total. The van der Waals surface area contributed by atoms with Gasteiger partial charge in [0.05, 0.1) is 12.1 Å². The van der Waals surface area contributed by atoms with E-state index in [1.807, 2.05) is 6.07 Å². The lowest BCUT2D eigenvalue weighted by molar-refractivity contribution is -0.138. The zero-order chi connectivity index (χ0) is 14.2. The van der Waals surface area contributed by atoms with Gasteiger partial charge in [-0.1, -0.05) is 6.07 Å². The molecular weight excluding hydrogens is 272 g/mol. The average Bonchev–Trinajstić information content (AvgIpc) is 2.99. The number of aliphatic carboxylic acids is 1. The van der Waals surface area contributed by atoms with E-state index in [-0.39, 0.29) is 5.41 Å². The topological polar surface area (TPSA) is 54.6 Å². The highest BCUT2D eigenvalue weighted by atomic mass is 32.2. The van der Waals surface area contributed by atoms with Crippen LogP contribution < -0.4 is 0 Å². The maximum atomic E-state index is 10.8. The minimum absolute atomic E-state index is 0.0618. The zero-order valence-electron chi connectivity index (χ0n) is 11.5. The highest BCUT2D eigenvalue weighted by molar-refractivity contribution is 7.98. The van der Waals surface area contributed by atoms with E-state index < -0.39 is 5.97 Å². The molecule has 2 aromatic rings. The van der Waals surface area contributed by atoms with E-state index in [0.29, 0.717) is 6.42 Å². The average molecular weight is 290 g/mol. The van der Waals surface area contributed by atoms with Crippen molar-refractivity contribution in [2.24, 2.45) is 5.41 Å². The fourth-order valence-electron chi connectivity index (χ4n) is 2.47. The summed E-state index contributed by atoms with van der Waals surface area (Å²) in [4.78, 5) is 15.4. The maximum Gasteiger partial charge on any atom is 0.303 e. The lowest BCUT2D eigenvalue weighted by Crippen LogP contribution is -2.11. The van der Waals surface area contributed by atoms with Crippen molar-refractivity contribution in [2.45, 2.75) is 31.9 Å². The van der Waals surface area contributed by atoms with Crippen molar-refractivity contribution in [3.63, 3.8) is 0 Å². The van der Waals surface area contributed by atoms with Crippen LogP contribution in [0.5, 0.6) is 0 Å². The van der Waals surface area contributed by atoms with Gasteiger partial charge in [0.2, 0.25) is 0 Å². The second-order valence-corrected chi connectivity index (χ2v) is 6.75. The molecule has 0 aliphatic heterocycles. The van der Waals surface area contributed by atoms with E-state index in [1.54, 1.807) is 11.8 Å². The number of carboxylic acids is 1. The molecule has 1 saturated carbocycles. The van der Waals surface area contributed by atoms with Gasteiger partial charge >= 0.3 is 5.97 Å². The van der Waals surface area contributed by atoms with Gasteiger partial charge in [0.15, 0.2) is 0 Å². The Hall–Kier alpha value is -1.49. The van der Waals surface area contributed by atoms with Gasteiger partial charge in [0.1, 0.15) is 5.65 Å². The zero-order valence-corrected chi connectivity index (χ0v) is 12.3. The summed E-state index contributed by atoms with van der Waals surface area (Å²) in [6.07, 6.45) is 6.55. The van der Waals surface area contributed by atoms with Crippen LogP contribution in [0.25, 0.3) is 5.65 Å². The lowest BCUT2D eigenvalue weighted by atomic mass is 10.1. The molecule has 0 amide bonds. The first-order valence-electron chi connectivity index (χ1n) is 6.80. The van der Waals surface area contributed by atoms with Crippen molar-refractivity contribution in [3.05, 3.63) is 35.8 Å². The highest BCUT2D eigenvalue weighted by Gasteiger charge is 2.44. The molecule has 2 heterocycles. The number of carboxylic acid groups (broad SMARTS) is 1. The van der Waals surface area contributed by atoms with Crippen LogP contribution in [0.4, 0.5) is 0 Å². The number of thioether (sulfide) groups is 1. The number of carbonyl (C=O) groups is 1. The summed E-state index contributed by atoms with van der Waals surface area (Å²) in [7, 11) is 0. The lowest BCUT2D eigenvalue weighted by Gasteiger charge is -2.10. The van der Waals surface area contributed by atoms with Crippen LogP contribution in [0.3, 0.4) is 0 Å². The molecular formula is C15H18N2O2S. The fraction of sp³-hybridized carbons (Fsp3) is 0.467. The third-order valence-electron chi connectivity index (χ3n) is 3.79. The van der Waals surface area contributed by atoms with E-state index in [4.69, 9.17) is 5.11 Å². The predicted molar refractivity (Wildman–Crippen MR) is 80.0 cm³/mol. The molecule has 0 bridgehead atoms. The van der Waals surface area contributed by atoms with Crippen LogP contribution in [-0.4, -0.2) is 26.2 Å². The minimum atomic E-state index is -0.675. The van der Waals surface area contributed by atoms with Crippen LogP contribution in [0.1, 0.15) is 30.5 Å². The summed E-state index contributed by atoms with van der Waals surface area (Å²) in [5.41, 5.74) is 3.31. The van der Waals surface area contributed by atoms with Gasteiger partial charge in [-0.3, -0.25) is 4.79 Å². The van der Waals surface area contributed by atoms with Gasteiger partial charge in [0, 0.05) is 18.1 Å². The Morgan fingerprint density at radius 3 is 2.95 bits per heavy atom. The Kier molecular flexibility index (Phi) is 3.46. The van der Waals surface area contributed by atoms with Crippen molar-refractivity contribution >= 4 is 23.4 Å². The van der Waals surface area contributed by atoms with Crippen LogP contribution in [0.2, 0.25) is 0 Å². The normalized spacial score (nSPS) is 16.4. The molecule has 0 saturated heterocycles. The molecule has 106 valence electrons. The third kappa shape index (κ3) is 2.98. The fourth-order valence-corrected chi connectivity index (χ4v) is 3.74. The summed E-state index contributed by atoms with van der Waals surface area (Å²) >= 11 is 1.80. The maximum absolute atomic E-state index is 10.8. The number of fused-ring (bicyclic) bond motifs is 1. The Balaban J connectivity index is 1.59. The van der Waals surface area contributed by atoms with E-state index in [1.165, 1.54) is 5.56 Å². The van der Waals surface area contributed by atoms with Crippen LogP contribution in [0.15, 0.2) is 24.5 Å². The Morgan fingerprint density at radius 1 is 1.45 bits per heavy atom. The van der Waals surface area contributed by atoms with Gasteiger partial charge < -0.3 is 9.51 Å². The van der Waals surface area contributed by atoms with E-state index >= 15 is 0 Å². The SMILES string of the molecule is Cc1ccc2nc(CSCC3(CC(=O)O)CC3)cn2c1. The molecule has 0 spiro atoms. The van der Waals surface area contributed by atoms with Gasteiger partial charge in [-0.25, -0.2) is 4.98 Å².